The number of carbonyl (C=O) groups is 1. The molecule has 1 amide bonds. The largest absolute Gasteiger partial charge is 0.365 e. The van der Waals surface area contributed by atoms with Crippen molar-refractivity contribution in [2.45, 2.75) is 6.10 Å². The summed E-state index contributed by atoms with van der Waals surface area (Å²) in [6.45, 7) is 1.68. The van der Waals surface area contributed by atoms with Gasteiger partial charge in [-0.2, -0.15) is 0 Å². The summed E-state index contributed by atoms with van der Waals surface area (Å²) in [5.74, 6) is -0.179. The van der Waals surface area contributed by atoms with Gasteiger partial charge in [0.1, 0.15) is 6.33 Å². The van der Waals surface area contributed by atoms with Crippen LogP contribution in [0.1, 0.15) is 0 Å². The third-order valence-corrected chi connectivity index (χ3v) is 3.62. The topological polar surface area (TPSA) is 80.2 Å². The number of hydrogen-bond acceptors (Lipinski definition) is 7. The quantitative estimate of drug-likeness (QED) is 0.900. The number of nitrogens with one attached hydrogen (secondary N) is 1. The highest BCUT2D eigenvalue weighted by atomic mass is 32.1. The van der Waals surface area contributed by atoms with E-state index in [0.29, 0.717) is 24.8 Å². The third-order valence-electron chi connectivity index (χ3n) is 2.93. The summed E-state index contributed by atoms with van der Waals surface area (Å²) in [7, 11) is 0. The zero-order valence-corrected chi connectivity index (χ0v) is 11.4. The van der Waals surface area contributed by atoms with Gasteiger partial charge in [-0.3, -0.25) is 10.1 Å². The molecule has 1 aliphatic heterocycles. The lowest BCUT2D eigenvalue weighted by Gasteiger charge is -2.33. The van der Waals surface area contributed by atoms with E-state index in [1.807, 2.05) is 10.3 Å². The smallest absolute Gasteiger partial charge is 0.257 e. The van der Waals surface area contributed by atoms with E-state index in [4.69, 9.17) is 4.74 Å². The van der Waals surface area contributed by atoms with Gasteiger partial charge in [0, 0.05) is 18.1 Å². The fourth-order valence-corrected chi connectivity index (χ4v) is 2.50. The van der Waals surface area contributed by atoms with Crippen LogP contribution in [0.3, 0.4) is 0 Å². The SMILES string of the molecule is O=C(Nc1nccs1)C1CN(c2cncnc2)CCO1. The van der Waals surface area contributed by atoms with Gasteiger partial charge in [0.15, 0.2) is 11.2 Å². The average molecular weight is 291 g/mol. The van der Waals surface area contributed by atoms with Crippen LogP contribution >= 0.6 is 11.3 Å². The van der Waals surface area contributed by atoms with Crippen molar-refractivity contribution in [2.24, 2.45) is 0 Å². The fourth-order valence-electron chi connectivity index (χ4n) is 1.97. The number of rotatable bonds is 3. The van der Waals surface area contributed by atoms with Crippen molar-refractivity contribution >= 4 is 28.1 Å². The Morgan fingerprint density at radius 3 is 3.05 bits per heavy atom. The van der Waals surface area contributed by atoms with Crippen molar-refractivity contribution in [1.29, 1.82) is 0 Å². The van der Waals surface area contributed by atoms with Gasteiger partial charge in [-0.25, -0.2) is 15.0 Å². The van der Waals surface area contributed by atoms with Crippen LogP contribution < -0.4 is 10.2 Å². The van der Waals surface area contributed by atoms with E-state index in [9.17, 15) is 4.79 Å². The number of morpholine rings is 1. The van der Waals surface area contributed by atoms with Crippen molar-refractivity contribution in [3.05, 3.63) is 30.3 Å². The van der Waals surface area contributed by atoms with E-state index in [1.54, 1.807) is 18.6 Å². The summed E-state index contributed by atoms with van der Waals surface area (Å²) in [6.07, 6.45) is 6.07. The number of aromatic nitrogens is 3. The zero-order valence-electron chi connectivity index (χ0n) is 10.6. The molecule has 2 aromatic heterocycles. The van der Waals surface area contributed by atoms with Crippen LogP contribution in [-0.4, -0.2) is 46.7 Å². The predicted molar refractivity (Wildman–Crippen MR) is 74.7 cm³/mol. The first-order valence-electron chi connectivity index (χ1n) is 6.15. The van der Waals surface area contributed by atoms with E-state index < -0.39 is 6.10 Å². The summed E-state index contributed by atoms with van der Waals surface area (Å²) in [5.41, 5.74) is 0.892. The van der Waals surface area contributed by atoms with Crippen molar-refractivity contribution in [1.82, 2.24) is 15.0 Å². The Morgan fingerprint density at radius 1 is 1.45 bits per heavy atom. The predicted octanol–water partition coefficient (Wildman–Crippen LogP) is 0.777. The maximum absolute atomic E-state index is 12.1. The highest BCUT2D eigenvalue weighted by Gasteiger charge is 2.27. The summed E-state index contributed by atoms with van der Waals surface area (Å²) in [5, 5.41) is 5.14. The molecule has 0 aliphatic carbocycles. The van der Waals surface area contributed by atoms with Gasteiger partial charge in [0.05, 0.1) is 31.2 Å². The molecule has 0 spiro atoms. The Kier molecular flexibility index (Phi) is 3.84. The Hall–Kier alpha value is -2.06. The van der Waals surface area contributed by atoms with Gasteiger partial charge in [-0.1, -0.05) is 0 Å². The highest BCUT2D eigenvalue weighted by Crippen LogP contribution is 2.17. The molecule has 1 fully saturated rings. The van der Waals surface area contributed by atoms with Crippen LogP contribution in [0, 0.1) is 0 Å². The Balaban J connectivity index is 1.64. The van der Waals surface area contributed by atoms with Crippen LogP contribution in [0.25, 0.3) is 0 Å². The molecular weight excluding hydrogens is 278 g/mol. The molecule has 104 valence electrons. The Labute approximate surface area is 119 Å². The second-order valence-electron chi connectivity index (χ2n) is 4.23. The van der Waals surface area contributed by atoms with Crippen LogP contribution in [0.4, 0.5) is 10.8 Å². The average Bonchev–Trinajstić information content (AvgIpc) is 3.01. The van der Waals surface area contributed by atoms with E-state index in [-0.39, 0.29) is 5.91 Å². The van der Waals surface area contributed by atoms with Gasteiger partial charge in [0.2, 0.25) is 0 Å². The van der Waals surface area contributed by atoms with Crippen LogP contribution in [0.2, 0.25) is 0 Å². The molecule has 1 saturated heterocycles. The maximum Gasteiger partial charge on any atom is 0.257 e. The second-order valence-corrected chi connectivity index (χ2v) is 5.12. The number of hydrogen-bond donors (Lipinski definition) is 1. The molecule has 8 heteroatoms. The molecule has 7 nitrogen and oxygen atoms in total. The number of anilines is 2. The minimum absolute atomic E-state index is 0.179. The molecule has 1 aliphatic rings. The molecule has 0 radical (unpaired) electrons. The summed E-state index contributed by atoms with van der Waals surface area (Å²) in [6, 6.07) is 0. The monoisotopic (exact) mass is 291 g/mol. The molecule has 20 heavy (non-hydrogen) atoms. The molecule has 1 unspecified atom stereocenters. The summed E-state index contributed by atoms with van der Waals surface area (Å²) < 4.78 is 5.52. The van der Waals surface area contributed by atoms with E-state index in [0.717, 1.165) is 5.69 Å². The van der Waals surface area contributed by atoms with Crippen molar-refractivity contribution in [3.63, 3.8) is 0 Å². The minimum Gasteiger partial charge on any atom is -0.365 e. The third kappa shape index (κ3) is 2.91. The van der Waals surface area contributed by atoms with Gasteiger partial charge < -0.3 is 9.64 Å². The van der Waals surface area contributed by atoms with Gasteiger partial charge in [0.25, 0.3) is 5.91 Å². The van der Waals surface area contributed by atoms with Crippen molar-refractivity contribution in [2.75, 3.05) is 29.9 Å². The summed E-state index contributed by atoms with van der Waals surface area (Å²) >= 11 is 1.38. The van der Waals surface area contributed by atoms with E-state index >= 15 is 0 Å². The standard InChI is InChI=1S/C12H13N5O2S/c18-11(16-12-15-1-4-20-12)10-7-17(2-3-19-10)9-5-13-8-14-6-9/h1,4-6,8,10H,2-3,7H2,(H,15,16,18). The Morgan fingerprint density at radius 2 is 2.30 bits per heavy atom. The van der Waals surface area contributed by atoms with Gasteiger partial charge in [-0.05, 0) is 0 Å². The first kappa shape index (κ1) is 12.9. The number of carbonyl (C=O) groups excluding carboxylic acids is 1. The number of thiazole rings is 1. The molecule has 1 atom stereocenters. The van der Waals surface area contributed by atoms with E-state index in [1.165, 1.54) is 17.7 Å². The number of nitrogens with zero attached hydrogens (tertiary/aromatic N) is 4. The van der Waals surface area contributed by atoms with Crippen LogP contribution in [-0.2, 0) is 9.53 Å². The Bertz CT molecular complexity index is 562. The zero-order chi connectivity index (χ0) is 13.8. The second kappa shape index (κ2) is 5.93. The van der Waals surface area contributed by atoms with Crippen molar-refractivity contribution < 1.29 is 9.53 Å². The fraction of sp³-hybridized carbons (Fsp3) is 0.333. The van der Waals surface area contributed by atoms with Gasteiger partial charge >= 0.3 is 0 Å². The van der Waals surface area contributed by atoms with E-state index in [2.05, 4.69) is 20.3 Å². The highest BCUT2D eigenvalue weighted by molar-refractivity contribution is 7.13. The number of ether oxygens (including phenoxy) is 1. The molecule has 2 aromatic rings. The molecule has 0 saturated carbocycles. The molecule has 0 bridgehead atoms. The lowest BCUT2D eigenvalue weighted by Crippen LogP contribution is -2.48. The first-order valence-corrected chi connectivity index (χ1v) is 7.03. The molecule has 3 heterocycles. The van der Waals surface area contributed by atoms with Gasteiger partial charge in [-0.15, -0.1) is 11.3 Å². The minimum atomic E-state index is -0.521. The lowest BCUT2D eigenvalue weighted by molar-refractivity contribution is -0.128. The molecule has 0 aromatic carbocycles. The molecular formula is C12H13N5O2S. The number of amides is 1. The van der Waals surface area contributed by atoms with Crippen molar-refractivity contribution in [3.8, 4) is 0 Å². The summed E-state index contributed by atoms with van der Waals surface area (Å²) in [4.78, 5) is 26.2. The van der Waals surface area contributed by atoms with Crippen LogP contribution in [0.15, 0.2) is 30.3 Å². The maximum atomic E-state index is 12.1. The first-order chi connectivity index (χ1) is 9.83. The van der Waals surface area contributed by atoms with Crippen LogP contribution in [0.5, 0.6) is 0 Å². The molecule has 3 rings (SSSR count). The normalized spacial score (nSPS) is 18.8. The molecule has 1 N–H and O–H groups in total. The lowest BCUT2D eigenvalue weighted by atomic mass is 10.2.